The van der Waals surface area contributed by atoms with E-state index in [-0.39, 0.29) is 13.2 Å². The largest absolute Gasteiger partial charge is 0.465 e. The molecule has 0 bridgehead atoms. The number of nitrogens with one attached hydrogen (secondary N) is 1. The second-order valence-corrected chi connectivity index (χ2v) is 5.57. The first-order valence-corrected chi connectivity index (χ1v) is 7.51. The minimum Gasteiger partial charge on any atom is -0.465 e. The van der Waals surface area contributed by atoms with Crippen LogP contribution in [0.5, 0.6) is 0 Å². The van der Waals surface area contributed by atoms with E-state index in [1.54, 1.807) is 26.8 Å². The van der Waals surface area contributed by atoms with Gasteiger partial charge in [0.2, 0.25) is 0 Å². The maximum atomic E-state index is 12.0. The van der Waals surface area contributed by atoms with Crippen LogP contribution in [0.25, 0.3) is 0 Å². The summed E-state index contributed by atoms with van der Waals surface area (Å²) in [6.07, 6.45) is 0. The van der Waals surface area contributed by atoms with Crippen LogP contribution in [-0.4, -0.2) is 18.5 Å². The molecule has 0 fully saturated rings. The van der Waals surface area contributed by atoms with Crippen LogP contribution in [0.3, 0.4) is 0 Å². The third-order valence-corrected chi connectivity index (χ3v) is 3.90. The molecular weight excluding hydrogens is 318 g/mol. The molecule has 0 saturated carbocycles. The van der Waals surface area contributed by atoms with Gasteiger partial charge < -0.3 is 14.5 Å². The number of ether oxygens (including phenoxy) is 1. The van der Waals surface area contributed by atoms with Crippen LogP contribution in [0, 0.1) is 20.8 Å². The Morgan fingerprint density at radius 1 is 1.17 bits per heavy atom. The van der Waals surface area contributed by atoms with E-state index >= 15 is 0 Å². The van der Waals surface area contributed by atoms with Gasteiger partial charge >= 0.3 is 5.97 Å². The van der Waals surface area contributed by atoms with Crippen LogP contribution in [0.1, 0.15) is 33.0 Å². The van der Waals surface area contributed by atoms with Gasteiger partial charge in [-0.2, -0.15) is 0 Å². The number of hydrogen-bond acceptors (Lipinski definition) is 4. The molecule has 2 aromatic rings. The van der Waals surface area contributed by atoms with E-state index in [0.29, 0.717) is 22.1 Å². The number of esters is 1. The molecule has 0 aliphatic rings. The lowest BCUT2D eigenvalue weighted by atomic mass is 10.1. The SMILES string of the molecule is Cc1oc(C)c(C(=O)OCC(=O)NCc2ccccc2Cl)c1C. The summed E-state index contributed by atoms with van der Waals surface area (Å²) in [7, 11) is 0. The Bertz CT molecular complexity index is 736. The summed E-state index contributed by atoms with van der Waals surface area (Å²) in [6.45, 7) is 5.16. The minimum absolute atomic E-state index is 0.277. The fourth-order valence-corrected chi connectivity index (χ4v) is 2.39. The summed E-state index contributed by atoms with van der Waals surface area (Å²) in [6, 6.07) is 7.21. The standard InChI is InChI=1S/C17H18ClNO4/c1-10-11(2)23-12(3)16(10)17(21)22-9-15(20)19-8-13-6-4-5-7-14(13)18/h4-7H,8-9H2,1-3H3,(H,19,20). The Labute approximate surface area is 139 Å². The molecule has 1 N–H and O–H groups in total. The van der Waals surface area contributed by atoms with Gasteiger partial charge in [-0.05, 0) is 32.4 Å². The van der Waals surface area contributed by atoms with Gasteiger partial charge in [0, 0.05) is 17.1 Å². The van der Waals surface area contributed by atoms with Gasteiger partial charge in [0.05, 0.1) is 0 Å². The molecule has 0 aliphatic carbocycles. The first kappa shape index (κ1) is 17.1. The fourth-order valence-electron chi connectivity index (χ4n) is 2.18. The smallest absolute Gasteiger partial charge is 0.342 e. The molecule has 2 rings (SSSR count). The molecule has 23 heavy (non-hydrogen) atoms. The number of halogens is 1. The third-order valence-electron chi connectivity index (χ3n) is 3.53. The Balaban J connectivity index is 1.87. The van der Waals surface area contributed by atoms with Crippen molar-refractivity contribution in [3.63, 3.8) is 0 Å². The summed E-state index contributed by atoms with van der Waals surface area (Å²) in [5.74, 6) is 0.192. The Hall–Kier alpha value is -2.27. The van der Waals surface area contributed by atoms with Crippen molar-refractivity contribution in [3.05, 3.63) is 57.5 Å². The zero-order chi connectivity index (χ0) is 17.0. The number of amides is 1. The lowest BCUT2D eigenvalue weighted by molar-refractivity contribution is -0.124. The van der Waals surface area contributed by atoms with E-state index in [0.717, 1.165) is 11.1 Å². The minimum atomic E-state index is -0.565. The third kappa shape index (κ3) is 4.13. The van der Waals surface area contributed by atoms with Gasteiger partial charge in [-0.1, -0.05) is 29.8 Å². The first-order valence-electron chi connectivity index (χ1n) is 7.14. The van der Waals surface area contributed by atoms with Crippen LogP contribution in [-0.2, 0) is 16.1 Å². The number of aryl methyl sites for hydroxylation is 2. The van der Waals surface area contributed by atoms with E-state index < -0.39 is 11.9 Å². The predicted molar refractivity (Wildman–Crippen MR) is 86.5 cm³/mol. The predicted octanol–water partition coefficient (Wildman–Crippen LogP) is 3.33. The lowest BCUT2D eigenvalue weighted by Gasteiger charge is -2.08. The van der Waals surface area contributed by atoms with Crippen molar-refractivity contribution in [3.8, 4) is 0 Å². The van der Waals surface area contributed by atoms with Crippen molar-refractivity contribution in [2.24, 2.45) is 0 Å². The van der Waals surface area contributed by atoms with Gasteiger partial charge in [0.15, 0.2) is 6.61 Å². The summed E-state index contributed by atoms with van der Waals surface area (Å²) < 4.78 is 10.4. The zero-order valence-electron chi connectivity index (χ0n) is 13.2. The molecule has 1 heterocycles. The van der Waals surface area contributed by atoms with Gasteiger partial charge in [0.25, 0.3) is 5.91 Å². The number of carbonyl (C=O) groups is 2. The lowest BCUT2D eigenvalue weighted by Crippen LogP contribution is -2.28. The average molecular weight is 336 g/mol. The number of carbonyl (C=O) groups excluding carboxylic acids is 2. The van der Waals surface area contributed by atoms with E-state index in [4.69, 9.17) is 20.8 Å². The molecule has 1 aromatic heterocycles. The fraction of sp³-hybridized carbons (Fsp3) is 0.294. The first-order chi connectivity index (χ1) is 10.9. The second kappa shape index (κ2) is 7.33. The van der Waals surface area contributed by atoms with Crippen molar-refractivity contribution in [1.29, 1.82) is 0 Å². The van der Waals surface area contributed by atoms with E-state index in [2.05, 4.69) is 5.32 Å². The Morgan fingerprint density at radius 3 is 2.48 bits per heavy atom. The molecule has 0 radical (unpaired) electrons. The number of rotatable bonds is 5. The van der Waals surface area contributed by atoms with Crippen molar-refractivity contribution < 1.29 is 18.7 Å². The molecule has 5 nitrogen and oxygen atoms in total. The van der Waals surface area contributed by atoms with Gasteiger partial charge in [-0.3, -0.25) is 4.79 Å². The topological polar surface area (TPSA) is 68.5 Å². The molecule has 0 atom stereocenters. The highest BCUT2D eigenvalue weighted by Crippen LogP contribution is 2.21. The molecule has 0 aliphatic heterocycles. The van der Waals surface area contributed by atoms with Crippen LogP contribution in [0.4, 0.5) is 0 Å². The zero-order valence-corrected chi connectivity index (χ0v) is 14.0. The molecule has 6 heteroatoms. The van der Waals surface area contributed by atoms with Crippen LogP contribution < -0.4 is 5.32 Å². The summed E-state index contributed by atoms with van der Waals surface area (Å²) in [5, 5.41) is 3.23. The maximum Gasteiger partial charge on any atom is 0.342 e. The molecule has 0 spiro atoms. The van der Waals surface area contributed by atoms with Gasteiger partial charge in [-0.25, -0.2) is 4.79 Å². The molecule has 1 aromatic carbocycles. The number of hydrogen-bond donors (Lipinski definition) is 1. The van der Waals surface area contributed by atoms with Crippen LogP contribution in [0.2, 0.25) is 5.02 Å². The maximum absolute atomic E-state index is 12.0. The highest BCUT2D eigenvalue weighted by Gasteiger charge is 2.20. The summed E-state index contributed by atoms with van der Waals surface area (Å²) in [5.41, 5.74) is 1.90. The number of benzene rings is 1. The quantitative estimate of drug-likeness (QED) is 0.851. The number of furan rings is 1. The second-order valence-electron chi connectivity index (χ2n) is 5.16. The van der Waals surface area contributed by atoms with Gasteiger partial charge in [0.1, 0.15) is 17.1 Å². The van der Waals surface area contributed by atoms with Crippen molar-refractivity contribution in [1.82, 2.24) is 5.32 Å². The molecule has 122 valence electrons. The highest BCUT2D eigenvalue weighted by molar-refractivity contribution is 6.31. The molecule has 0 unspecified atom stereocenters. The monoisotopic (exact) mass is 335 g/mol. The Morgan fingerprint density at radius 2 is 1.87 bits per heavy atom. The molecular formula is C17H18ClNO4. The Kier molecular flexibility index (Phi) is 5.45. The van der Waals surface area contributed by atoms with Crippen LogP contribution in [0.15, 0.2) is 28.7 Å². The molecule has 1 amide bonds. The van der Waals surface area contributed by atoms with E-state index in [1.165, 1.54) is 0 Å². The van der Waals surface area contributed by atoms with Crippen molar-refractivity contribution in [2.75, 3.05) is 6.61 Å². The normalized spacial score (nSPS) is 10.4. The summed E-state index contributed by atoms with van der Waals surface area (Å²) in [4.78, 5) is 23.8. The van der Waals surface area contributed by atoms with E-state index in [9.17, 15) is 9.59 Å². The summed E-state index contributed by atoms with van der Waals surface area (Å²) >= 11 is 6.01. The van der Waals surface area contributed by atoms with Crippen molar-refractivity contribution >= 4 is 23.5 Å². The van der Waals surface area contributed by atoms with Crippen LogP contribution >= 0.6 is 11.6 Å². The van der Waals surface area contributed by atoms with E-state index in [1.807, 2.05) is 18.2 Å². The highest BCUT2D eigenvalue weighted by atomic mass is 35.5. The molecule has 0 saturated heterocycles. The van der Waals surface area contributed by atoms with Gasteiger partial charge in [-0.15, -0.1) is 0 Å². The van der Waals surface area contributed by atoms with Crippen molar-refractivity contribution in [2.45, 2.75) is 27.3 Å². The average Bonchev–Trinajstić information content (AvgIpc) is 2.77.